The number of rotatable bonds is 5. The number of anilines is 1. The van der Waals surface area contributed by atoms with Crippen molar-refractivity contribution in [3.05, 3.63) is 29.6 Å². The van der Waals surface area contributed by atoms with Crippen LogP contribution in [0.3, 0.4) is 0 Å². The highest BCUT2D eigenvalue weighted by Gasteiger charge is 2.09. The third-order valence-electron chi connectivity index (χ3n) is 2.32. The van der Waals surface area contributed by atoms with Crippen LogP contribution in [0.25, 0.3) is 0 Å². The Hall–Kier alpha value is -1.60. The molecule has 16 heavy (non-hydrogen) atoms. The molecule has 1 unspecified atom stereocenters. The van der Waals surface area contributed by atoms with Gasteiger partial charge in [0.05, 0.1) is 5.69 Å². The largest absolute Gasteiger partial charge is 0.396 e. The molecular formula is C12H15FN2O. The molecule has 1 aromatic rings. The van der Waals surface area contributed by atoms with Crippen molar-refractivity contribution < 1.29 is 9.50 Å². The van der Waals surface area contributed by atoms with Gasteiger partial charge in [0, 0.05) is 12.6 Å². The second kappa shape index (κ2) is 6.09. The first kappa shape index (κ1) is 12.5. The summed E-state index contributed by atoms with van der Waals surface area (Å²) in [6, 6.07) is 6.45. The summed E-state index contributed by atoms with van der Waals surface area (Å²) < 4.78 is 13.3. The van der Waals surface area contributed by atoms with Gasteiger partial charge in [0.15, 0.2) is 0 Å². The number of hydrogen-bond donors (Lipinski definition) is 2. The van der Waals surface area contributed by atoms with E-state index in [1.54, 1.807) is 12.1 Å². The normalized spacial score (nSPS) is 11.9. The van der Waals surface area contributed by atoms with Gasteiger partial charge in [-0.1, -0.05) is 6.07 Å². The Labute approximate surface area is 94.5 Å². The lowest BCUT2D eigenvalue weighted by Crippen LogP contribution is -2.16. The molecule has 86 valence electrons. The van der Waals surface area contributed by atoms with E-state index in [9.17, 15) is 4.39 Å². The van der Waals surface area contributed by atoms with Gasteiger partial charge >= 0.3 is 0 Å². The molecule has 0 bridgehead atoms. The average molecular weight is 222 g/mol. The van der Waals surface area contributed by atoms with Crippen molar-refractivity contribution in [2.24, 2.45) is 0 Å². The van der Waals surface area contributed by atoms with E-state index in [0.29, 0.717) is 12.1 Å². The monoisotopic (exact) mass is 222 g/mol. The lowest BCUT2D eigenvalue weighted by atomic mass is 10.1. The molecule has 1 atom stereocenters. The number of halogens is 1. The van der Waals surface area contributed by atoms with E-state index in [1.807, 2.05) is 13.0 Å². The molecule has 0 aliphatic carbocycles. The molecule has 3 nitrogen and oxygen atoms in total. The second-order valence-electron chi connectivity index (χ2n) is 3.69. The van der Waals surface area contributed by atoms with Crippen LogP contribution >= 0.6 is 0 Å². The molecule has 0 saturated carbocycles. The number of aliphatic hydroxyl groups excluding tert-OH is 1. The van der Waals surface area contributed by atoms with Gasteiger partial charge in [0.25, 0.3) is 0 Å². The van der Waals surface area contributed by atoms with E-state index in [4.69, 9.17) is 10.4 Å². The highest BCUT2D eigenvalue weighted by atomic mass is 19.1. The number of nitriles is 1. The van der Waals surface area contributed by atoms with Crippen molar-refractivity contribution in [1.82, 2.24) is 0 Å². The van der Waals surface area contributed by atoms with Crippen molar-refractivity contribution in [3.63, 3.8) is 0 Å². The minimum absolute atomic E-state index is 0.0401. The number of nitrogens with zero attached hydrogens (tertiary/aromatic N) is 1. The van der Waals surface area contributed by atoms with Crippen LogP contribution in [0, 0.1) is 17.1 Å². The maximum atomic E-state index is 13.3. The molecule has 0 aliphatic rings. The van der Waals surface area contributed by atoms with Crippen LogP contribution in [0.2, 0.25) is 0 Å². The van der Waals surface area contributed by atoms with Gasteiger partial charge < -0.3 is 10.4 Å². The van der Waals surface area contributed by atoms with E-state index in [2.05, 4.69) is 5.32 Å². The van der Waals surface area contributed by atoms with Crippen molar-refractivity contribution in [2.45, 2.75) is 25.8 Å². The average Bonchev–Trinajstić information content (AvgIpc) is 2.27. The second-order valence-corrected chi connectivity index (χ2v) is 3.69. The molecular weight excluding hydrogens is 207 g/mol. The van der Waals surface area contributed by atoms with Gasteiger partial charge in [-0.25, -0.2) is 4.39 Å². The number of hydrogen-bond acceptors (Lipinski definition) is 3. The summed E-state index contributed by atoms with van der Waals surface area (Å²) in [4.78, 5) is 0. The fourth-order valence-electron chi connectivity index (χ4n) is 1.49. The molecule has 0 spiro atoms. The first-order chi connectivity index (χ1) is 7.69. The molecule has 0 radical (unpaired) electrons. The van der Waals surface area contributed by atoms with Gasteiger partial charge in [-0.3, -0.25) is 0 Å². The van der Waals surface area contributed by atoms with Crippen molar-refractivity contribution >= 4 is 5.69 Å². The zero-order valence-electron chi connectivity index (χ0n) is 9.20. The number of aliphatic hydroxyl groups is 1. The maximum absolute atomic E-state index is 13.3. The van der Waals surface area contributed by atoms with Gasteiger partial charge in [-0.05, 0) is 31.9 Å². The Balaban J connectivity index is 2.74. The summed E-state index contributed by atoms with van der Waals surface area (Å²) in [5.74, 6) is -0.512. The molecule has 0 heterocycles. The van der Waals surface area contributed by atoms with Crippen LogP contribution in [0.15, 0.2) is 18.2 Å². The summed E-state index contributed by atoms with van der Waals surface area (Å²) in [5.41, 5.74) is 0.547. The SMILES string of the molecule is CC(CCCO)Nc1cccc(F)c1C#N. The van der Waals surface area contributed by atoms with Crippen LogP contribution in [0.1, 0.15) is 25.3 Å². The van der Waals surface area contributed by atoms with Crippen molar-refractivity contribution in [3.8, 4) is 6.07 Å². The Kier molecular flexibility index (Phi) is 4.74. The van der Waals surface area contributed by atoms with Crippen LogP contribution in [-0.2, 0) is 0 Å². The Bertz CT molecular complexity index is 387. The molecule has 2 N–H and O–H groups in total. The van der Waals surface area contributed by atoms with E-state index < -0.39 is 5.82 Å². The van der Waals surface area contributed by atoms with E-state index in [1.165, 1.54) is 6.07 Å². The highest BCUT2D eigenvalue weighted by Crippen LogP contribution is 2.19. The van der Waals surface area contributed by atoms with Crippen LogP contribution < -0.4 is 5.32 Å². The lowest BCUT2D eigenvalue weighted by molar-refractivity contribution is 0.282. The van der Waals surface area contributed by atoms with Crippen LogP contribution in [0.4, 0.5) is 10.1 Å². The zero-order chi connectivity index (χ0) is 12.0. The molecule has 1 rings (SSSR count). The molecule has 4 heteroatoms. The summed E-state index contributed by atoms with van der Waals surface area (Å²) in [7, 11) is 0. The molecule has 0 aliphatic heterocycles. The first-order valence-electron chi connectivity index (χ1n) is 5.25. The highest BCUT2D eigenvalue weighted by molar-refractivity contribution is 5.58. The van der Waals surface area contributed by atoms with E-state index in [-0.39, 0.29) is 18.2 Å². The van der Waals surface area contributed by atoms with Gasteiger partial charge in [0.2, 0.25) is 0 Å². The molecule has 0 fully saturated rings. The van der Waals surface area contributed by atoms with Gasteiger partial charge in [-0.2, -0.15) is 5.26 Å². The van der Waals surface area contributed by atoms with Gasteiger partial charge in [0.1, 0.15) is 17.4 Å². The summed E-state index contributed by atoms with van der Waals surface area (Å²) in [6.07, 6.45) is 1.46. The predicted molar refractivity (Wildman–Crippen MR) is 60.5 cm³/mol. The topological polar surface area (TPSA) is 56.0 Å². The minimum atomic E-state index is -0.512. The predicted octanol–water partition coefficient (Wildman–Crippen LogP) is 2.27. The third kappa shape index (κ3) is 3.21. The molecule has 0 amide bonds. The number of nitrogens with one attached hydrogen (secondary N) is 1. The number of benzene rings is 1. The summed E-state index contributed by atoms with van der Waals surface area (Å²) in [6.45, 7) is 2.07. The fraction of sp³-hybridized carbons (Fsp3) is 0.417. The van der Waals surface area contributed by atoms with Crippen molar-refractivity contribution in [2.75, 3.05) is 11.9 Å². The minimum Gasteiger partial charge on any atom is -0.396 e. The zero-order valence-corrected chi connectivity index (χ0v) is 9.20. The Morgan fingerprint density at radius 2 is 2.31 bits per heavy atom. The van der Waals surface area contributed by atoms with Crippen LogP contribution in [0.5, 0.6) is 0 Å². The van der Waals surface area contributed by atoms with Crippen LogP contribution in [-0.4, -0.2) is 17.8 Å². The van der Waals surface area contributed by atoms with Crippen molar-refractivity contribution in [1.29, 1.82) is 5.26 Å². The Morgan fingerprint density at radius 3 is 2.94 bits per heavy atom. The molecule has 1 aromatic carbocycles. The maximum Gasteiger partial charge on any atom is 0.143 e. The molecule has 0 aromatic heterocycles. The van der Waals surface area contributed by atoms with E-state index in [0.717, 1.165) is 6.42 Å². The smallest absolute Gasteiger partial charge is 0.143 e. The molecule has 0 saturated heterocycles. The summed E-state index contributed by atoms with van der Waals surface area (Å²) in [5, 5.41) is 20.6. The standard InChI is InChI=1S/C12H15FN2O/c1-9(4-3-7-16)15-12-6-2-5-11(13)10(12)8-14/h2,5-6,9,15-16H,3-4,7H2,1H3. The first-order valence-corrected chi connectivity index (χ1v) is 5.25. The Morgan fingerprint density at radius 1 is 1.56 bits per heavy atom. The lowest BCUT2D eigenvalue weighted by Gasteiger charge is -2.15. The summed E-state index contributed by atoms with van der Waals surface area (Å²) >= 11 is 0. The fourth-order valence-corrected chi connectivity index (χ4v) is 1.49. The van der Waals surface area contributed by atoms with E-state index >= 15 is 0 Å². The third-order valence-corrected chi connectivity index (χ3v) is 2.32. The quantitative estimate of drug-likeness (QED) is 0.803. The van der Waals surface area contributed by atoms with Gasteiger partial charge in [-0.15, -0.1) is 0 Å².